The van der Waals surface area contributed by atoms with Crippen LogP contribution in [0.3, 0.4) is 0 Å². The quantitative estimate of drug-likeness (QED) is 0.180. The number of anilines is 1. The van der Waals surface area contributed by atoms with Gasteiger partial charge in [0.25, 0.3) is 11.7 Å². The van der Waals surface area contributed by atoms with Gasteiger partial charge in [-0.1, -0.05) is 35.9 Å². The second-order valence-electron chi connectivity index (χ2n) is 9.47. The molecule has 1 aliphatic heterocycles. The topological polar surface area (TPSA) is 82.6 Å². The van der Waals surface area contributed by atoms with Gasteiger partial charge in [0, 0.05) is 27.8 Å². The van der Waals surface area contributed by atoms with Crippen molar-refractivity contribution in [3.63, 3.8) is 0 Å². The van der Waals surface area contributed by atoms with Gasteiger partial charge in [-0.2, -0.15) is 0 Å². The third-order valence-corrected chi connectivity index (χ3v) is 7.36. The van der Waals surface area contributed by atoms with E-state index in [1.807, 2.05) is 70.2 Å². The Hall–Kier alpha value is -4.03. The van der Waals surface area contributed by atoms with Crippen molar-refractivity contribution in [2.45, 2.75) is 33.7 Å². The highest BCUT2D eigenvalue weighted by Gasteiger charge is 2.48. The number of H-pyrrole nitrogens is 1. The number of hydrogen-bond acceptors (Lipinski definition) is 4. The summed E-state index contributed by atoms with van der Waals surface area (Å²) in [6.45, 7) is 7.68. The molecule has 0 aliphatic carbocycles. The largest absolute Gasteiger partial charge is 0.507 e. The molecule has 1 fully saturated rings. The number of ether oxygens (including phenoxy) is 1. The summed E-state index contributed by atoms with van der Waals surface area (Å²) < 4.78 is 5.49. The standard InChI is InChI=1S/C30H27ClN2O4/c1-15-12-21(29(37-5)22(31)13-15)27(34)25-26(24-18(4)32-23-9-7-6-8-20(23)24)33(30(36)28(25)35)19-11-10-16(2)17(3)14-19/h6-14,26,32,34H,1-5H3/b27-25+. The highest BCUT2D eigenvalue weighted by atomic mass is 35.5. The second-order valence-corrected chi connectivity index (χ2v) is 9.88. The number of aromatic amines is 1. The number of halogens is 1. The third kappa shape index (κ3) is 3.89. The zero-order valence-corrected chi connectivity index (χ0v) is 22.0. The predicted molar refractivity (Wildman–Crippen MR) is 146 cm³/mol. The molecule has 1 unspecified atom stereocenters. The van der Waals surface area contributed by atoms with Crippen LogP contribution in [-0.4, -0.2) is 28.9 Å². The fourth-order valence-electron chi connectivity index (χ4n) is 5.16. The number of benzene rings is 3. The van der Waals surface area contributed by atoms with E-state index in [-0.39, 0.29) is 22.6 Å². The van der Waals surface area contributed by atoms with Crippen molar-refractivity contribution in [2.24, 2.45) is 0 Å². The Morgan fingerprint density at radius 3 is 2.43 bits per heavy atom. The first-order valence-corrected chi connectivity index (χ1v) is 12.3. The number of aryl methyl sites for hydroxylation is 4. The molecular weight excluding hydrogens is 488 g/mol. The number of nitrogens with one attached hydrogen (secondary N) is 1. The number of para-hydroxylation sites is 1. The minimum absolute atomic E-state index is 0.0175. The molecule has 7 heteroatoms. The lowest BCUT2D eigenvalue weighted by molar-refractivity contribution is -0.132. The Morgan fingerprint density at radius 1 is 1.00 bits per heavy atom. The number of ketones is 1. The lowest BCUT2D eigenvalue weighted by Gasteiger charge is -2.26. The number of aliphatic hydroxyl groups excluding tert-OH is 1. The van der Waals surface area contributed by atoms with E-state index in [2.05, 4.69) is 4.98 Å². The molecule has 1 aromatic heterocycles. The molecule has 0 spiro atoms. The fourth-order valence-corrected chi connectivity index (χ4v) is 5.51. The molecule has 37 heavy (non-hydrogen) atoms. The van der Waals surface area contributed by atoms with Gasteiger partial charge < -0.3 is 14.8 Å². The Labute approximate surface area is 220 Å². The molecular formula is C30H27ClN2O4. The molecule has 2 heterocycles. The first-order chi connectivity index (χ1) is 17.6. The molecule has 4 aromatic rings. The second kappa shape index (κ2) is 9.12. The van der Waals surface area contributed by atoms with E-state index in [0.717, 1.165) is 38.9 Å². The van der Waals surface area contributed by atoms with E-state index in [1.54, 1.807) is 12.1 Å². The minimum Gasteiger partial charge on any atom is -0.507 e. The summed E-state index contributed by atoms with van der Waals surface area (Å²) in [5.41, 5.74) is 6.05. The van der Waals surface area contributed by atoms with Crippen LogP contribution in [-0.2, 0) is 9.59 Å². The minimum atomic E-state index is -0.873. The van der Waals surface area contributed by atoms with Crippen LogP contribution in [0.1, 0.15) is 39.6 Å². The summed E-state index contributed by atoms with van der Waals surface area (Å²) in [6, 6.07) is 15.9. The third-order valence-electron chi connectivity index (χ3n) is 7.08. The molecule has 6 nitrogen and oxygen atoms in total. The number of rotatable bonds is 4. The Kier molecular flexibility index (Phi) is 6.08. The van der Waals surface area contributed by atoms with Crippen molar-refractivity contribution in [1.29, 1.82) is 0 Å². The molecule has 1 atom stereocenters. The smallest absolute Gasteiger partial charge is 0.300 e. The van der Waals surface area contributed by atoms with Gasteiger partial charge in [0.15, 0.2) is 0 Å². The molecule has 1 aliphatic rings. The van der Waals surface area contributed by atoms with Crippen molar-refractivity contribution >= 4 is 45.6 Å². The van der Waals surface area contributed by atoms with E-state index < -0.39 is 17.7 Å². The van der Waals surface area contributed by atoms with Crippen LogP contribution in [0.5, 0.6) is 5.75 Å². The van der Waals surface area contributed by atoms with Crippen LogP contribution in [0.2, 0.25) is 5.02 Å². The molecule has 0 radical (unpaired) electrons. The fraction of sp³-hybridized carbons (Fsp3) is 0.200. The van der Waals surface area contributed by atoms with Gasteiger partial charge >= 0.3 is 0 Å². The number of nitrogens with zero attached hydrogens (tertiary/aromatic N) is 1. The number of Topliss-reactive ketones (excluding diaryl/α,β-unsaturated/α-hetero) is 1. The maximum absolute atomic E-state index is 13.7. The number of aromatic nitrogens is 1. The number of aliphatic hydroxyl groups is 1. The summed E-state index contributed by atoms with van der Waals surface area (Å²) in [5.74, 6) is -1.58. The van der Waals surface area contributed by atoms with E-state index in [9.17, 15) is 14.7 Å². The summed E-state index contributed by atoms with van der Waals surface area (Å²) in [4.78, 5) is 32.2. The molecule has 0 bridgehead atoms. The normalized spacial score (nSPS) is 17.1. The van der Waals surface area contributed by atoms with Crippen LogP contribution in [0, 0.1) is 27.7 Å². The summed E-state index contributed by atoms with van der Waals surface area (Å²) in [5, 5.41) is 12.9. The molecule has 188 valence electrons. The molecule has 2 N–H and O–H groups in total. The highest BCUT2D eigenvalue weighted by molar-refractivity contribution is 6.52. The van der Waals surface area contributed by atoms with Gasteiger partial charge in [-0.25, -0.2) is 0 Å². The Balaban J connectivity index is 1.86. The number of carbonyl (C=O) groups is 2. The van der Waals surface area contributed by atoms with Crippen LogP contribution in [0.15, 0.2) is 60.2 Å². The van der Waals surface area contributed by atoms with Crippen molar-refractivity contribution in [3.8, 4) is 5.75 Å². The van der Waals surface area contributed by atoms with Crippen molar-refractivity contribution in [3.05, 3.63) is 98.7 Å². The number of fused-ring (bicyclic) bond motifs is 1. The molecule has 3 aromatic carbocycles. The maximum atomic E-state index is 13.7. The van der Waals surface area contributed by atoms with E-state index in [4.69, 9.17) is 16.3 Å². The van der Waals surface area contributed by atoms with E-state index in [0.29, 0.717) is 10.7 Å². The lowest BCUT2D eigenvalue weighted by Crippen LogP contribution is -2.29. The van der Waals surface area contributed by atoms with Gasteiger partial charge in [0.1, 0.15) is 11.5 Å². The Morgan fingerprint density at radius 2 is 1.73 bits per heavy atom. The number of carbonyl (C=O) groups excluding carboxylic acids is 2. The van der Waals surface area contributed by atoms with Gasteiger partial charge in [-0.05, 0) is 74.7 Å². The van der Waals surface area contributed by atoms with Crippen LogP contribution < -0.4 is 9.64 Å². The monoisotopic (exact) mass is 514 g/mol. The first kappa shape index (κ1) is 24.7. The van der Waals surface area contributed by atoms with Gasteiger partial charge in [-0.3, -0.25) is 14.5 Å². The SMILES string of the molecule is COc1c(Cl)cc(C)cc1/C(O)=C1\C(=O)C(=O)N(c2ccc(C)c(C)c2)C1c1c(C)[nH]c2ccccc12. The van der Waals surface area contributed by atoms with Crippen LogP contribution >= 0.6 is 11.6 Å². The van der Waals surface area contributed by atoms with Gasteiger partial charge in [0.2, 0.25) is 0 Å². The molecule has 1 amide bonds. The predicted octanol–water partition coefficient (Wildman–Crippen LogP) is 6.69. The van der Waals surface area contributed by atoms with Crippen molar-refractivity contribution in [1.82, 2.24) is 4.98 Å². The number of amides is 1. The summed E-state index contributed by atoms with van der Waals surface area (Å²) in [7, 11) is 1.45. The molecule has 5 rings (SSSR count). The van der Waals surface area contributed by atoms with E-state index in [1.165, 1.54) is 12.0 Å². The lowest BCUT2D eigenvalue weighted by atomic mass is 9.92. The van der Waals surface area contributed by atoms with Crippen molar-refractivity contribution < 1.29 is 19.4 Å². The maximum Gasteiger partial charge on any atom is 0.300 e. The zero-order chi connectivity index (χ0) is 26.6. The Bertz CT molecular complexity index is 1630. The van der Waals surface area contributed by atoms with Gasteiger partial charge in [0.05, 0.1) is 29.3 Å². The van der Waals surface area contributed by atoms with Crippen molar-refractivity contribution in [2.75, 3.05) is 12.0 Å². The van der Waals surface area contributed by atoms with Crippen LogP contribution in [0.4, 0.5) is 5.69 Å². The summed E-state index contributed by atoms with van der Waals surface area (Å²) in [6.07, 6.45) is 0. The van der Waals surface area contributed by atoms with Gasteiger partial charge in [-0.15, -0.1) is 0 Å². The molecule has 1 saturated heterocycles. The highest BCUT2D eigenvalue weighted by Crippen LogP contribution is 2.47. The average Bonchev–Trinajstić information content (AvgIpc) is 3.32. The number of hydrogen-bond donors (Lipinski definition) is 2. The number of methoxy groups -OCH3 is 1. The average molecular weight is 515 g/mol. The van der Waals surface area contributed by atoms with Crippen LogP contribution in [0.25, 0.3) is 16.7 Å². The molecule has 0 saturated carbocycles. The zero-order valence-electron chi connectivity index (χ0n) is 21.3. The first-order valence-electron chi connectivity index (χ1n) is 11.9. The van der Waals surface area contributed by atoms with E-state index >= 15 is 0 Å². The summed E-state index contributed by atoms with van der Waals surface area (Å²) >= 11 is 6.42.